The molecule has 1 atom stereocenters. The number of hydrogen-bond donors (Lipinski definition) is 1. The van der Waals surface area contributed by atoms with Crippen molar-refractivity contribution in [2.24, 2.45) is 0 Å². The number of hydrogen-bond acceptors (Lipinski definition) is 4. The van der Waals surface area contributed by atoms with Gasteiger partial charge in [-0.15, -0.1) is 0 Å². The fraction of sp³-hybridized carbons (Fsp3) is 0.529. The maximum atomic E-state index is 12.5. The predicted molar refractivity (Wildman–Crippen MR) is 93.3 cm³/mol. The third kappa shape index (κ3) is 5.47. The smallest absolute Gasteiger partial charge is 0.253 e. The van der Waals surface area contributed by atoms with Gasteiger partial charge in [-0.05, 0) is 25.1 Å². The molecule has 1 aliphatic heterocycles. The van der Waals surface area contributed by atoms with Crippen LogP contribution in [0.15, 0.2) is 24.3 Å². The van der Waals surface area contributed by atoms with Gasteiger partial charge in [0.05, 0.1) is 13.2 Å². The number of rotatable bonds is 6. The lowest BCUT2D eigenvalue weighted by Gasteiger charge is -2.34. The number of halogens is 1. The summed E-state index contributed by atoms with van der Waals surface area (Å²) in [7, 11) is 1.61. The standard InChI is InChI=1S/C17H24ClN3O3/c1-13(12-24-2)19-16(22)11-20-6-8-21(9-7-20)17(23)14-4-3-5-15(18)10-14/h3-5,10,13H,6-9,11-12H2,1-2H3,(H,19,22). The molecule has 0 saturated carbocycles. The van der Waals surface area contributed by atoms with Crippen LogP contribution in [0.5, 0.6) is 0 Å². The zero-order chi connectivity index (χ0) is 17.5. The van der Waals surface area contributed by atoms with Crippen molar-refractivity contribution in [2.45, 2.75) is 13.0 Å². The molecule has 1 unspecified atom stereocenters. The van der Waals surface area contributed by atoms with Gasteiger partial charge in [0.15, 0.2) is 0 Å². The molecule has 0 bridgehead atoms. The number of piperazine rings is 1. The molecule has 0 radical (unpaired) electrons. The van der Waals surface area contributed by atoms with Crippen LogP contribution in [0, 0.1) is 0 Å². The molecule has 7 heteroatoms. The van der Waals surface area contributed by atoms with Gasteiger partial charge in [0.2, 0.25) is 5.91 Å². The summed E-state index contributed by atoms with van der Waals surface area (Å²) in [5.41, 5.74) is 0.599. The number of nitrogens with one attached hydrogen (secondary N) is 1. The highest BCUT2D eigenvalue weighted by Gasteiger charge is 2.23. The molecule has 132 valence electrons. The van der Waals surface area contributed by atoms with Gasteiger partial charge in [-0.25, -0.2) is 0 Å². The first-order valence-electron chi connectivity index (χ1n) is 8.05. The summed E-state index contributed by atoms with van der Waals surface area (Å²) in [4.78, 5) is 28.3. The maximum Gasteiger partial charge on any atom is 0.253 e. The van der Waals surface area contributed by atoms with Gasteiger partial charge in [0.25, 0.3) is 5.91 Å². The van der Waals surface area contributed by atoms with Crippen molar-refractivity contribution < 1.29 is 14.3 Å². The molecule has 1 N–H and O–H groups in total. The lowest BCUT2D eigenvalue weighted by Crippen LogP contribution is -2.52. The van der Waals surface area contributed by atoms with Crippen molar-refractivity contribution in [1.29, 1.82) is 0 Å². The number of benzene rings is 1. The van der Waals surface area contributed by atoms with Crippen LogP contribution >= 0.6 is 11.6 Å². The van der Waals surface area contributed by atoms with Crippen LogP contribution in [0.2, 0.25) is 5.02 Å². The fourth-order valence-corrected chi connectivity index (χ4v) is 2.92. The Morgan fingerprint density at radius 2 is 2.00 bits per heavy atom. The largest absolute Gasteiger partial charge is 0.383 e. The van der Waals surface area contributed by atoms with E-state index >= 15 is 0 Å². The van der Waals surface area contributed by atoms with Gasteiger partial charge in [-0.3, -0.25) is 14.5 Å². The van der Waals surface area contributed by atoms with Gasteiger partial charge in [0, 0.05) is 49.9 Å². The van der Waals surface area contributed by atoms with Crippen molar-refractivity contribution in [2.75, 3.05) is 46.4 Å². The zero-order valence-electron chi connectivity index (χ0n) is 14.1. The predicted octanol–water partition coefficient (Wildman–Crippen LogP) is 1.25. The molecule has 0 spiro atoms. The lowest BCUT2D eigenvalue weighted by atomic mass is 10.2. The summed E-state index contributed by atoms with van der Waals surface area (Å²) >= 11 is 5.94. The summed E-state index contributed by atoms with van der Waals surface area (Å²) in [6, 6.07) is 6.97. The monoisotopic (exact) mass is 353 g/mol. The van der Waals surface area contributed by atoms with Crippen LogP contribution in [0.3, 0.4) is 0 Å². The molecule has 2 amide bonds. The molecule has 1 aliphatic rings. The minimum absolute atomic E-state index is 0.00630. The maximum absolute atomic E-state index is 12.5. The zero-order valence-corrected chi connectivity index (χ0v) is 14.9. The molecular weight excluding hydrogens is 330 g/mol. The normalized spacial score (nSPS) is 16.7. The minimum atomic E-state index is -0.0193. The highest BCUT2D eigenvalue weighted by Crippen LogP contribution is 2.14. The molecule has 1 aromatic carbocycles. The Balaban J connectivity index is 1.79. The second kappa shape index (κ2) is 9.01. The molecule has 1 aromatic rings. The van der Waals surface area contributed by atoms with Crippen LogP contribution < -0.4 is 5.32 Å². The second-order valence-electron chi connectivity index (χ2n) is 6.00. The summed E-state index contributed by atoms with van der Waals surface area (Å²) < 4.78 is 5.00. The average molecular weight is 354 g/mol. The summed E-state index contributed by atoms with van der Waals surface area (Å²) in [5.74, 6) is -0.0375. The third-order valence-electron chi connectivity index (χ3n) is 3.92. The summed E-state index contributed by atoms with van der Waals surface area (Å²) in [6.45, 7) is 5.30. The highest BCUT2D eigenvalue weighted by molar-refractivity contribution is 6.30. The Kier molecular flexibility index (Phi) is 7.02. The first kappa shape index (κ1) is 18.7. The Bertz CT molecular complexity index is 574. The van der Waals surface area contributed by atoms with Crippen LogP contribution in [0.4, 0.5) is 0 Å². The van der Waals surface area contributed by atoms with Gasteiger partial charge >= 0.3 is 0 Å². The number of carbonyl (C=O) groups excluding carboxylic acids is 2. The van der Waals surface area contributed by atoms with Crippen molar-refractivity contribution in [3.05, 3.63) is 34.9 Å². The summed E-state index contributed by atoms with van der Waals surface area (Å²) in [5, 5.41) is 3.45. The van der Waals surface area contributed by atoms with Crippen molar-refractivity contribution in [1.82, 2.24) is 15.1 Å². The Hall–Kier alpha value is -1.63. The number of methoxy groups -OCH3 is 1. The third-order valence-corrected chi connectivity index (χ3v) is 4.16. The van der Waals surface area contributed by atoms with Gasteiger partial charge in [-0.1, -0.05) is 17.7 Å². The first-order valence-corrected chi connectivity index (χ1v) is 8.43. The van der Waals surface area contributed by atoms with E-state index < -0.39 is 0 Å². The number of carbonyl (C=O) groups is 2. The molecule has 0 aliphatic carbocycles. The van der Waals surface area contributed by atoms with Crippen molar-refractivity contribution in [3.63, 3.8) is 0 Å². The average Bonchev–Trinajstić information content (AvgIpc) is 2.55. The van der Waals surface area contributed by atoms with E-state index in [1.54, 1.807) is 36.3 Å². The van der Waals surface area contributed by atoms with E-state index in [1.807, 2.05) is 6.92 Å². The van der Waals surface area contributed by atoms with Crippen molar-refractivity contribution in [3.8, 4) is 0 Å². The van der Waals surface area contributed by atoms with Gasteiger partial charge in [0.1, 0.15) is 0 Å². The van der Waals surface area contributed by atoms with E-state index in [-0.39, 0.29) is 17.9 Å². The highest BCUT2D eigenvalue weighted by atomic mass is 35.5. The molecular formula is C17H24ClN3O3. The van der Waals surface area contributed by atoms with Crippen LogP contribution in [0.25, 0.3) is 0 Å². The molecule has 24 heavy (non-hydrogen) atoms. The quantitative estimate of drug-likeness (QED) is 0.836. The van der Waals surface area contributed by atoms with Crippen LogP contribution in [-0.2, 0) is 9.53 Å². The second-order valence-corrected chi connectivity index (χ2v) is 6.44. The molecule has 2 rings (SSSR count). The topological polar surface area (TPSA) is 61.9 Å². The van der Waals surface area contributed by atoms with E-state index in [1.165, 1.54) is 0 Å². The van der Waals surface area contributed by atoms with E-state index in [4.69, 9.17) is 16.3 Å². The number of nitrogens with zero attached hydrogens (tertiary/aromatic N) is 2. The molecule has 6 nitrogen and oxygen atoms in total. The van der Waals surface area contributed by atoms with Crippen LogP contribution in [-0.4, -0.2) is 74.1 Å². The first-order chi connectivity index (χ1) is 11.5. The SMILES string of the molecule is COCC(C)NC(=O)CN1CCN(C(=O)c2cccc(Cl)c2)CC1. The fourth-order valence-electron chi connectivity index (χ4n) is 2.73. The Labute approximate surface area is 147 Å². The number of amides is 2. The van der Waals surface area contributed by atoms with Crippen LogP contribution in [0.1, 0.15) is 17.3 Å². The minimum Gasteiger partial charge on any atom is -0.383 e. The van der Waals surface area contributed by atoms with Gasteiger partial charge in [-0.2, -0.15) is 0 Å². The molecule has 0 aromatic heterocycles. The Morgan fingerprint density at radius 3 is 2.62 bits per heavy atom. The van der Waals surface area contributed by atoms with E-state index in [9.17, 15) is 9.59 Å². The summed E-state index contributed by atoms with van der Waals surface area (Å²) in [6.07, 6.45) is 0. The van der Waals surface area contributed by atoms with Crippen molar-refractivity contribution >= 4 is 23.4 Å². The molecule has 1 fully saturated rings. The van der Waals surface area contributed by atoms with Gasteiger partial charge < -0.3 is 15.0 Å². The molecule has 1 heterocycles. The lowest BCUT2D eigenvalue weighted by molar-refractivity contribution is -0.123. The van der Waals surface area contributed by atoms with E-state index in [2.05, 4.69) is 10.2 Å². The van der Waals surface area contributed by atoms with E-state index in [0.29, 0.717) is 49.9 Å². The Morgan fingerprint density at radius 1 is 1.29 bits per heavy atom. The molecule has 1 saturated heterocycles. The number of ether oxygens (including phenoxy) is 1. The van der Waals surface area contributed by atoms with E-state index in [0.717, 1.165) is 0 Å².